The van der Waals surface area contributed by atoms with Crippen molar-refractivity contribution >= 4 is 11.9 Å². The third kappa shape index (κ3) is 4.59. The van der Waals surface area contributed by atoms with Crippen LogP contribution in [0.4, 0.5) is 0 Å². The Bertz CT molecular complexity index is 312. The molecule has 1 fully saturated rings. The number of hydrogen-bond acceptors (Lipinski definition) is 3. The van der Waals surface area contributed by atoms with Gasteiger partial charge in [0.25, 0.3) is 0 Å². The first-order valence-corrected chi connectivity index (χ1v) is 6.11. The van der Waals surface area contributed by atoms with Crippen molar-refractivity contribution in [3.8, 4) is 0 Å². The highest BCUT2D eigenvalue weighted by Gasteiger charge is 2.21. The van der Waals surface area contributed by atoms with E-state index in [-0.39, 0.29) is 11.9 Å². The third-order valence-electron chi connectivity index (χ3n) is 2.90. The summed E-state index contributed by atoms with van der Waals surface area (Å²) < 4.78 is 5.02. The van der Waals surface area contributed by atoms with E-state index in [4.69, 9.17) is 4.74 Å². The van der Waals surface area contributed by atoms with Crippen LogP contribution in [0.2, 0.25) is 0 Å². The molecule has 17 heavy (non-hydrogen) atoms. The van der Waals surface area contributed by atoms with Gasteiger partial charge in [-0.25, -0.2) is 4.79 Å². The minimum Gasteiger partial charge on any atom is -0.462 e. The van der Waals surface area contributed by atoms with Gasteiger partial charge in [-0.05, 0) is 25.7 Å². The van der Waals surface area contributed by atoms with Gasteiger partial charge in [0.05, 0.1) is 6.61 Å². The van der Waals surface area contributed by atoms with Crippen molar-refractivity contribution in [2.75, 3.05) is 19.7 Å². The molecule has 4 heteroatoms. The number of nitrogens with zero attached hydrogens (tertiary/aromatic N) is 1. The number of carbonyl (C=O) groups excluding carboxylic acids is 2. The van der Waals surface area contributed by atoms with E-state index >= 15 is 0 Å². The predicted molar refractivity (Wildman–Crippen MR) is 65.4 cm³/mol. The smallest absolute Gasteiger partial charge is 0.333 e. The molecule has 1 heterocycles. The van der Waals surface area contributed by atoms with Crippen molar-refractivity contribution in [1.29, 1.82) is 0 Å². The van der Waals surface area contributed by atoms with Crippen LogP contribution in [-0.4, -0.2) is 36.5 Å². The monoisotopic (exact) mass is 239 g/mol. The molecule has 0 bridgehead atoms. The van der Waals surface area contributed by atoms with Gasteiger partial charge in [-0.1, -0.05) is 13.5 Å². The lowest BCUT2D eigenvalue weighted by atomic mass is 10.1. The molecule has 0 saturated carbocycles. The maximum Gasteiger partial charge on any atom is 0.333 e. The summed E-state index contributed by atoms with van der Waals surface area (Å²) >= 11 is 0. The minimum absolute atomic E-state index is 0.246. The molecule has 0 aromatic carbocycles. The fourth-order valence-corrected chi connectivity index (χ4v) is 1.84. The summed E-state index contributed by atoms with van der Waals surface area (Å²) in [5.74, 6) is 0.264. The Balaban J connectivity index is 2.17. The standard InChI is InChI=1S/C13H21NO3/c1-10(2)13(16)17-8-6-11(3)9-14-7-4-5-12(14)15/h11H,1,4-9H2,2-3H3. The Morgan fingerprint density at radius 1 is 1.59 bits per heavy atom. The number of ether oxygens (including phenoxy) is 1. The predicted octanol–water partition coefficient (Wildman–Crippen LogP) is 1.75. The maximum atomic E-state index is 11.4. The summed E-state index contributed by atoms with van der Waals surface area (Å²) in [5, 5.41) is 0. The summed E-state index contributed by atoms with van der Waals surface area (Å²) in [7, 11) is 0. The van der Waals surface area contributed by atoms with Gasteiger partial charge >= 0.3 is 5.97 Å². The van der Waals surface area contributed by atoms with E-state index in [9.17, 15) is 9.59 Å². The molecule has 1 atom stereocenters. The SMILES string of the molecule is C=C(C)C(=O)OCCC(C)CN1CCCC1=O. The molecule has 0 spiro atoms. The van der Waals surface area contributed by atoms with Gasteiger partial charge in [0.15, 0.2) is 0 Å². The van der Waals surface area contributed by atoms with Crippen LogP contribution in [0.15, 0.2) is 12.2 Å². The summed E-state index contributed by atoms with van der Waals surface area (Å²) in [6.07, 6.45) is 2.43. The van der Waals surface area contributed by atoms with Gasteiger partial charge in [0, 0.05) is 25.1 Å². The number of amides is 1. The fourth-order valence-electron chi connectivity index (χ4n) is 1.84. The maximum absolute atomic E-state index is 11.4. The molecule has 4 nitrogen and oxygen atoms in total. The van der Waals surface area contributed by atoms with E-state index in [1.165, 1.54) is 0 Å². The van der Waals surface area contributed by atoms with E-state index < -0.39 is 0 Å². The zero-order valence-electron chi connectivity index (χ0n) is 10.7. The second-order valence-corrected chi connectivity index (χ2v) is 4.75. The quantitative estimate of drug-likeness (QED) is 0.524. The average molecular weight is 239 g/mol. The molecule has 0 radical (unpaired) electrons. The zero-order chi connectivity index (χ0) is 12.8. The first-order valence-electron chi connectivity index (χ1n) is 6.11. The molecular formula is C13H21NO3. The van der Waals surface area contributed by atoms with E-state index in [2.05, 4.69) is 13.5 Å². The molecular weight excluding hydrogens is 218 g/mol. The molecule has 1 aliphatic heterocycles. The van der Waals surface area contributed by atoms with Crippen molar-refractivity contribution in [3.63, 3.8) is 0 Å². The first kappa shape index (κ1) is 13.7. The van der Waals surface area contributed by atoms with Crippen molar-refractivity contribution in [2.45, 2.75) is 33.1 Å². The summed E-state index contributed by atoms with van der Waals surface area (Å²) in [6, 6.07) is 0. The molecule has 0 aliphatic carbocycles. The van der Waals surface area contributed by atoms with Crippen LogP contribution in [0.5, 0.6) is 0 Å². The molecule has 1 saturated heterocycles. The Hall–Kier alpha value is -1.32. The number of carbonyl (C=O) groups is 2. The summed E-state index contributed by atoms with van der Waals surface area (Å²) in [5.41, 5.74) is 0.423. The Labute approximate surface area is 103 Å². The van der Waals surface area contributed by atoms with E-state index in [1.807, 2.05) is 4.90 Å². The van der Waals surface area contributed by atoms with Crippen LogP contribution in [0.25, 0.3) is 0 Å². The van der Waals surface area contributed by atoms with Crippen LogP contribution >= 0.6 is 0 Å². The van der Waals surface area contributed by atoms with Gasteiger partial charge in [0.2, 0.25) is 5.91 Å². The second kappa shape index (κ2) is 6.42. The Morgan fingerprint density at radius 3 is 2.82 bits per heavy atom. The van der Waals surface area contributed by atoms with Crippen molar-refractivity contribution < 1.29 is 14.3 Å². The van der Waals surface area contributed by atoms with Crippen LogP contribution in [-0.2, 0) is 14.3 Å². The number of rotatable bonds is 6. The van der Waals surface area contributed by atoms with Crippen LogP contribution < -0.4 is 0 Å². The van der Waals surface area contributed by atoms with E-state index in [0.29, 0.717) is 24.5 Å². The molecule has 0 aromatic rings. The molecule has 1 aliphatic rings. The third-order valence-corrected chi connectivity index (χ3v) is 2.90. The molecule has 1 rings (SSSR count). The second-order valence-electron chi connectivity index (χ2n) is 4.75. The number of hydrogen-bond donors (Lipinski definition) is 0. The zero-order valence-corrected chi connectivity index (χ0v) is 10.7. The van der Waals surface area contributed by atoms with E-state index in [1.54, 1.807) is 6.92 Å². The van der Waals surface area contributed by atoms with Crippen molar-refractivity contribution in [1.82, 2.24) is 4.90 Å². The highest BCUT2D eigenvalue weighted by atomic mass is 16.5. The molecule has 1 amide bonds. The average Bonchev–Trinajstić information content (AvgIpc) is 2.64. The van der Waals surface area contributed by atoms with E-state index in [0.717, 1.165) is 25.9 Å². The lowest BCUT2D eigenvalue weighted by molar-refractivity contribution is -0.139. The fraction of sp³-hybridized carbons (Fsp3) is 0.692. The van der Waals surface area contributed by atoms with Crippen LogP contribution in [0.3, 0.4) is 0 Å². The first-order chi connectivity index (χ1) is 8.00. The van der Waals surface area contributed by atoms with Crippen molar-refractivity contribution in [2.24, 2.45) is 5.92 Å². The summed E-state index contributed by atoms with van der Waals surface area (Å²) in [4.78, 5) is 24.4. The van der Waals surface area contributed by atoms with Crippen LogP contribution in [0.1, 0.15) is 33.1 Å². The minimum atomic E-state index is -0.338. The molecule has 96 valence electrons. The highest BCUT2D eigenvalue weighted by Crippen LogP contribution is 2.13. The van der Waals surface area contributed by atoms with Gasteiger partial charge < -0.3 is 9.64 Å². The molecule has 0 aromatic heterocycles. The normalized spacial score (nSPS) is 17.1. The highest BCUT2D eigenvalue weighted by molar-refractivity contribution is 5.86. The number of esters is 1. The molecule has 1 unspecified atom stereocenters. The Kier molecular flexibility index (Phi) is 5.19. The van der Waals surface area contributed by atoms with Gasteiger partial charge in [-0.3, -0.25) is 4.79 Å². The summed E-state index contributed by atoms with van der Waals surface area (Å²) in [6.45, 7) is 9.26. The lowest BCUT2D eigenvalue weighted by Gasteiger charge is -2.20. The van der Waals surface area contributed by atoms with Gasteiger partial charge in [-0.15, -0.1) is 0 Å². The van der Waals surface area contributed by atoms with Gasteiger partial charge in [0.1, 0.15) is 0 Å². The van der Waals surface area contributed by atoms with Crippen molar-refractivity contribution in [3.05, 3.63) is 12.2 Å². The Morgan fingerprint density at radius 2 is 2.29 bits per heavy atom. The topological polar surface area (TPSA) is 46.6 Å². The largest absolute Gasteiger partial charge is 0.462 e. The molecule has 0 N–H and O–H groups in total. The number of likely N-dealkylation sites (tertiary alicyclic amines) is 1. The van der Waals surface area contributed by atoms with Gasteiger partial charge in [-0.2, -0.15) is 0 Å². The van der Waals surface area contributed by atoms with Crippen LogP contribution in [0, 0.1) is 5.92 Å². The lowest BCUT2D eigenvalue weighted by Crippen LogP contribution is -2.30.